The Bertz CT molecular complexity index is 911. The number of aromatic nitrogens is 1. The highest BCUT2D eigenvalue weighted by atomic mass is 32.1. The quantitative estimate of drug-likeness (QED) is 0.683. The maximum Gasteiger partial charge on any atom is 0.289 e. The fourth-order valence-electron chi connectivity index (χ4n) is 2.15. The van der Waals surface area contributed by atoms with Crippen LogP contribution in [0.25, 0.3) is 10.1 Å². The van der Waals surface area contributed by atoms with Gasteiger partial charge in [0.2, 0.25) is 6.79 Å². The summed E-state index contributed by atoms with van der Waals surface area (Å²) in [6.45, 7) is 0.242. The zero-order valence-corrected chi connectivity index (χ0v) is 11.7. The number of benzene rings is 2. The van der Waals surface area contributed by atoms with E-state index in [0.29, 0.717) is 11.1 Å². The first-order valence-electron chi connectivity index (χ1n) is 6.36. The van der Waals surface area contributed by atoms with Crippen molar-refractivity contribution in [2.75, 3.05) is 6.79 Å². The van der Waals surface area contributed by atoms with Gasteiger partial charge in [0.25, 0.3) is 5.56 Å². The minimum Gasteiger partial charge on any atom is -0.454 e. The Morgan fingerprint density at radius 3 is 2.90 bits per heavy atom. The number of hydrogen-bond donors (Lipinski definition) is 0. The Kier molecular flexibility index (Phi) is 2.75. The largest absolute Gasteiger partial charge is 0.454 e. The zero-order chi connectivity index (χ0) is 14.2. The monoisotopic (exact) mass is 298 g/mol. The third kappa shape index (κ3) is 2.09. The number of nitrogens with zero attached hydrogens (tertiary/aromatic N) is 2. The second-order valence-corrected chi connectivity index (χ2v) is 5.49. The zero-order valence-electron chi connectivity index (χ0n) is 10.9. The molecule has 1 aliphatic heterocycles. The van der Waals surface area contributed by atoms with E-state index in [-0.39, 0.29) is 12.4 Å². The van der Waals surface area contributed by atoms with Gasteiger partial charge in [-0.15, -0.1) is 4.07 Å². The summed E-state index contributed by atoms with van der Waals surface area (Å²) in [5.74, 6) is 1.42. The van der Waals surface area contributed by atoms with Crippen molar-refractivity contribution in [3.05, 3.63) is 58.4 Å². The van der Waals surface area contributed by atoms with Gasteiger partial charge in [0, 0.05) is 0 Å². The average Bonchev–Trinajstić information content (AvgIpc) is 3.10. The number of ether oxygens (including phenoxy) is 2. The van der Waals surface area contributed by atoms with E-state index in [1.54, 1.807) is 12.3 Å². The molecule has 5 nitrogen and oxygen atoms in total. The van der Waals surface area contributed by atoms with Gasteiger partial charge in [-0.3, -0.25) is 4.79 Å². The topological polar surface area (TPSA) is 52.8 Å². The maximum atomic E-state index is 12.2. The minimum absolute atomic E-state index is 0.104. The lowest BCUT2D eigenvalue weighted by Crippen LogP contribution is -2.08. The van der Waals surface area contributed by atoms with Crippen molar-refractivity contribution in [1.29, 1.82) is 0 Å². The lowest BCUT2D eigenvalue weighted by Gasteiger charge is -1.96. The van der Waals surface area contributed by atoms with Crippen LogP contribution in [-0.4, -0.2) is 17.1 Å². The molecule has 0 bridgehead atoms. The van der Waals surface area contributed by atoms with Crippen molar-refractivity contribution in [3.8, 4) is 11.5 Å². The van der Waals surface area contributed by atoms with Crippen molar-refractivity contribution < 1.29 is 9.47 Å². The molecule has 1 aliphatic rings. The predicted octanol–water partition coefficient (Wildman–Crippen LogP) is 2.67. The van der Waals surface area contributed by atoms with Gasteiger partial charge in [0.05, 0.1) is 16.3 Å². The molecule has 2 aromatic carbocycles. The highest BCUT2D eigenvalue weighted by Crippen LogP contribution is 2.32. The van der Waals surface area contributed by atoms with E-state index >= 15 is 0 Å². The lowest BCUT2D eigenvalue weighted by atomic mass is 10.2. The van der Waals surface area contributed by atoms with E-state index in [2.05, 4.69) is 5.10 Å². The van der Waals surface area contributed by atoms with Crippen LogP contribution in [0.4, 0.5) is 0 Å². The van der Waals surface area contributed by atoms with Crippen LogP contribution in [0.5, 0.6) is 11.5 Å². The minimum atomic E-state index is -0.104. The molecule has 0 saturated heterocycles. The number of rotatable bonds is 2. The first-order chi connectivity index (χ1) is 10.3. The lowest BCUT2D eigenvalue weighted by molar-refractivity contribution is 0.174. The molecule has 0 fully saturated rings. The molecule has 0 aliphatic carbocycles. The van der Waals surface area contributed by atoms with Crippen molar-refractivity contribution >= 4 is 27.8 Å². The molecule has 1 aromatic heterocycles. The van der Waals surface area contributed by atoms with Crippen LogP contribution < -0.4 is 15.0 Å². The van der Waals surface area contributed by atoms with Crippen molar-refractivity contribution in [2.45, 2.75) is 0 Å². The van der Waals surface area contributed by atoms with E-state index in [4.69, 9.17) is 9.47 Å². The summed E-state index contributed by atoms with van der Waals surface area (Å²) < 4.78 is 12.9. The molecule has 0 N–H and O–H groups in total. The fraction of sp³-hybridized carbons (Fsp3) is 0.0667. The summed E-state index contributed by atoms with van der Waals surface area (Å²) in [5.41, 5.74) is 0.746. The number of fused-ring (bicyclic) bond motifs is 2. The van der Waals surface area contributed by atoms with Crippen molar-refractivity contribution in [2.24, 2.45) is 5.10 Å². The molecule has 104 valence electrons. The molecule has 3 aromatic rings. The van der Waals surface area contributed by atoms with Gasteiger partial charge in [-0.2, -0.15) is 5.10 Å². The van der Waals surface area contributed by atoms with Crippen molar-refractivity contribution in [3.63, 3.8) is 0 Å². The molecule has 4 rings (SSSR count). The molecule has 0 spiro atoms. The Hall–Kier alpha value is -2.60. The van der Waals surface area contributed by atoms with Crippen LogP contribution in [0.3, 0.4) is 0 Å². The second kappa shape index (κ2) is 4.75. The van der Waals surface area contributed by atoms with Gasteiger partial charge in [0.1, 0.15) is 0 Å². The van der Waals surface area contributed by atoms with E-state index in [1.165, 1.54) is 15.6 Å². The van der Waals surface area contributed by atoms with Gasteiger partial charge in [-0.25, -0.2) is 0 Å². The van der Waals surface area contributed by atoms with Crippen LogP contribution >= 0.6 is 11.5 Å². The van der Waals surface area contributed by atoms with Crippen LogP contribution in [0.2, 0.25) is 0 Å². The highest BCUT2D eigenvalue weighted by molar-refractivity contribution is 7.13. The Labute approximate surface area is 123 Å². The fourth-order valence-corrected chi connectivity index (χ4v) is 3.00. The van der Waals surface area contributed by atoms with Crippen LogP contribution in [0.15, 0.2) is 52.4 Å². The van der Waals surface area contributed by atoms with E-state index in [1.807, 2.05) is 36.4 Å². The normalized spacial score (nSPS) is 13.3. The van der Waals surface area contributed by atoms with Gasteiger partial charge >= 0.3 is 0 Å². The van der Waals surface area contributed by atoms with E-state index in [9.17, 15) is 4.79 Å². The van der Waals surface area contributed by atoms with Gasteiger partial charge in [-0.1, -0.05) is 12.1 Å². The molecule has 0 amide bonds. The van der Waals surface area contributed by atoms with E-state index < -0.39 is 0 Å². The first-order valence-corrected chi connectivity index (χ1v) is 7.14. The second-order valence-electron chi connectivity index (χ2n) is 4.52. The SMILES string of the molecule is O=c1c2ccccc2sn1/N=C/c1ccc2c(c1)OCO2. The number of hydrogen-bond acceptors (Lipinski definition) is 5. The molecule has 0 atom stereocenters. The molecule has 2 heterocycles. The standard InChI is InChI=1S/C15H10N2O3S/c18-15-11-3-1-2-4-14(11)21-17(15)16-8-10-5-6-12-13(7-10)20-9-19-12/h1-8H,9H2/b16-8+. The van der Waals surface area contributed by atoms with Gasteiger partial charge in [-0.05, 0) is 47.4 Å². The third-order valence-corrected chi connectivity index (χ3v) is 4.17. The summed E-state index contributed by atoms with van der Waals surface area (Å²) in [4.78, 5) is 12.2. The summed E-state index contributed by atoms with van der Waals surface area (Å²) in [6.07, 6.45) is 1.64. The van der Waals surface area contributed by atoms with Gasteiger partial charge < -0.3 is 9.47 Å². The molecule has 21 heavy (non-hydrogen) atoms. The average molecular weight is 298 g/mol. The highest BCUT2D eigenvalue weighted by Gasteiger charge is 2.12. The first kappa shape index (κ1) is 12.2. The predicted molar refractivity (Wildman–Crippen MR) is 81.6 cm³/mol. The Morgan fingerprint density at radius 1 is 1.14 bits per heavy atom. The van der Waals surface area contributed by atoms with E-state index in [0.717, 1.165) is 16.0 Å². The molecular formula is C15H10N2O3S. The molecular weight excluding hydrogens is 288 g/mol. The summed E-state index contributed by atoms with van der Waals surface area (Å²) in [6, 6.07) is 13.0. The summed E-state index contributed by atoms with van der Waals surface area (Å²) >= 11 is 1.32. The van der Waals surface area contributed by atoms with Gasteiger partial charge in [0.15, 0.2) is 11.5 Å². The molecule has 0 saturated carbocycles. The molecule has 0 radical (unpaired) electrons. The van der Waals surface area contributed by atoms with Crippen LogP contribution in [0, 0.1) is 0 Å². The maximum absolute atomic E-state index is 12.2. The molecule has 6 heteroatoms. The van der Waals surface area contributed by atoms with Crippen LogP contribution in [-0.2, 0) is 0 Å². The van der Waals surface area contributed by atoms with Crippen LogP contribution in [0.1, 0.15) is 5.56 Å². The smallest absolute Gasteiger partial charge is 0.289 e. The van der Waals surface area contributed by atoms with Crippen molar-refractivity contribution in [1.82, 2.24) is 4.07 Å². The Balaban J connectivity index is 1.71. The molecule has 0 unspecified atom stereocenters. The summed E-state index contributed by atoms with van der Waals surface area (Å²) in [7, 11) is 0. The Morgan fingerprint density at radius 2 is 2.00 bits per heavy atom. The summed E-state index contributed by atoms with van der Waals surface area (Å²) in [5, 5.41) is 4.93. The third-order valence-electron chi connectivity index (χ3n) is 3.18.